The van der Waals surface area contributed by atoms with Crippen molar-refractivity contribution in [2.75, 3.05) is 19.0 Å². The third-order valence-corrected chi connectivity index (χ3v) is 4.27. The maximum absolute atomic E-state index is 12.2. The monoisotopic (exact) mass is 303 g/mol. The Morgan fingerprint density at radius 1 is 1.32 bits per heavy atom. The Morgan fingerprint density at radius 2 is 2.05 bits per heavy atom. The number of anilines is 1. The Hall–Kier alpha value is -2.04. The van der Waals surface area contributed by atoms with Crippen molar-refractivity contribution in [3.05, 3.63) is 23.3 Å². The third kappa shape index (κ3) is 2.45. The molecule has 0 radical (unpaired) electrons. The van der Waals surface area contributed by atoms with Gasteiger partial charge in [0.1, 0.15) is 11.3 Å². The van der Waals surface area contributed by atoms with E-state index in [0.29, 0.717) is 35.4 Å². The fourth-order valence-corrected chi connectivity index (χ4v) is 2.77. The molecule has 5 nitrogen and oxygen atoms in total. The van der Waals surface area contributed by atoms with Crippen molar-refractivity contribution in [2.24, 2.45) is 11.3 Å². The molecule has 1 fully saturated rings. The van der Waals surface area contributed by atoms with Crippen LogP contribution in [0.2, 0.25) is 0 Å². The molecule has 0 spiro atoms. The quantitative estimate of drug-likeness (QED) is 0.853. The predicted molar refractivity (Wildman–Crippen MR) is 82.2 cm³/mol. The van der Waals surface area contributed by atoms with Gasteiger partial charge in [0, 0.05) is 11.3 Å². The van der Waals surface area contributed by atoms with Gasteiger partial charge in [0.05, 0.1) is 19.4 Å². The van der Waals surface area contributed by atoms with Crippen LogP contribution in [0.5, 0.6) is 5.75 Å². The first kappa shape index (κ1) is 14.9. The Morgan fingerprint density at radius 3 is 2.68 bits per heavy atom. The second-order valence-electron chi connectivity index (χ2n) is 7.02. The minimum Gasteiger partial charge on any atom is -0.492 e. The molecule has 3 rings (SSSR count). The molecule has 2 aliphatic rings. The van der Waals surface area contributed by atoms with Gasteiger partial charge in [-0.25, -0.2) is 4.79 Å². The van der Waals surface area contributed by atoms with Gasteiger partial charge in [0.15, 0.2) is 0 Å². The Balaban J connectivity index is 2.03. The van der Waals surface area contributed by atoms with Gasteiger partial charge in [-0.15, -0.1) is 0 Å². The number of carbonyl (C=O) groups excluding carboxylic acids is 2. The summed E-state index contributed by atoms with van der Waals surface area (Å²) in [6.07, 6.45) is 1.10. The number of rotatable bonds is 2. The van der Waals surface area contributed by atoms with Gasteiger partial charge in [0.25, 0.3) is 0 Å². The molecule has 5 heteroatoms. The highest BCUT2D eigenvalue weighted by Crippen LogP contribution is 2.55. The van der Waals surface area contributed by atoms with Crippen LogP contribution in [0.25, 0.3) is 0 Å². The molecule has 1 N–H and O–H groups in total. The lowest BCUT2D eigenvalue weighted by atomic mass is 9.94. The van der Waals surface area contributed by atoms with Crippen molar-refractivity contribution in [1.82, 2.24) is 0 Å². The lowest BCUT2D eigenvalue weighted by Gasteiger charge is -2.23. The topological polar surface area (TPSA) is 64.6 Å². The van der Waals surface area contributed by atoms with E-state index in [4.69, 9.17) is 9.47 Å². The summed E-state index contributed by atoms with van der Waals surface area (Å²) in [5, 5.41) is 2.82. The van der Waals surface area contributed by atoms with Crippen molar-refractivity contribution >= 4 is 17.6 Å². The van der Waals surface area contributed by atoms with Crippen molar-refractivity contribution in [1.29, 1.82) is 0 Å². The number of benzene rings is 1. The van der Waals surface area contributed by atoms with Crippen LogP contribution in [0.4, 0.5) is 5.69 Å². The summed E-state index contributed by atoms with van der Waals surface area (Å²) in [4.78, 5) is 24.4. The molecule has 0 aromatic heterocycles. The average molecular weight is 303 g/mol. The van der Waals surface area contributed by atoms with E-state index in [-0.39, 0.29) is 5.91 Å². The molecular formula is C17H21NO4. The number of carbonyl (C=O) groups is 2. The molecule has 0 bridgehead atoms. The minimum atomic E-state index is -0.550. The fourth-order valence-electron chi connectivity index (χ4n) is 2.77. The highest BCUT2D eigenvalue weighted by atomic mass is 16.5. The van der Waals surface area contributed by atoms with Crippen LogP contribution < -0.4 is 10.1 Å². The van der Waals surface area contributed by atoms with Crippen molar-refractivity contribution in [3.8, 4) is 5.75 Å². The van der Waals surface area contributed by atoms with Crippen LogP contribution in [0, 0.1) is 11.3 Å². The van der Waals surface area contributed by atoms with Crippen LogP contribution in [0.3, 0.4) is 0 Å². The van der Waals surface area contributed by atoms with E-state index in [9.17, 15) is 9.59 Å². The van der Waals surface area contributed by atoms with Crippen molar-refractivity contribution < 1.29 is 19.1 Å². The summed E-state index contributed by atoms with van der Waals surface area (Å²) >= 11 is 0. The van der Waals surface area contributed by atoms with E-state index in [1.807, 2.05) is 26.8 Å². The minimum absolute atomic E-state index is 0.155. The summed E-state index contributed by atoms with van der Waals surface area (Å²) in [5.74, 6) is 0.961. The fraction of sp³-hybridized carbons (Fsp3) is 0.529. The van der Waals surface area contributed by atoms with Crippen molar-refractivity contribution in [3.63, 3.8) is 0 Å². The number of hydrogen-bond donors (Lipinski definition) is 1. The van der Waals surface area contributed by atoms with Crippen LogP contribution in [-0.2, 0) is 9.53 Å². The number of ether oxygens (including phenoxy) is 2. The van der Waals surface area contributed by atoms with Crippen LogP contribution >= 0.6 is 0 Å². The molecule has 1 aromatic rings. The van der Waals surface area contributed by atoms with Crippen LogP contribution in [-0.4, -0.2) is 25.6 Å². The molecule has 22 heavy (non-hydrogen) atoms. The maximum Gasteiger partial charge on any atom is 0.343 e. The lowest BCUT2D eigenvalue weighted by molar-refractivity contribution is -0.123. The molecule has 118 valence electrons. The Bertz CT molecular complexity index is 645. The normalized spacial score (nSPS) is 22.0. The van der Waals surface area contributed by atoms with E-state index in [0.717, 1.165) is 12.0 Å². The smallest absolute Gasteiger partial charge is 0.343 e. The second-order valence-corrected chi connectivity index (χ2v) is 7.02. The van der Waals surface area contributed by atoms with Gasteiger partial charge < -0.3 is 14.8 Å². The number of nitrogens with one attached hydrogen (secondary N) is 1. The molecule has 1 heterocycles. The van der Waals surface area contributed by atoms with Crippen LogP contribution in [0.1, 0.15) is 49.0 Å². The summed E-state index contributed by atoms with van der Waals surface area (Å²) in [6.45, 7) is 6.09. The number of methoxy groups -OCH3 is 1. The van der Waals surface area contributed by atoms with E-state index >= 15 is 0 Å². The molecule has 1 saturated carbocycles. The molecular weight excluding hydrogens is 282 g/mol. The molecule has 1 amide bonds. The van der Waals surface area contributed by atoms with Gasteiger partial charge in [-0.2, -0.15) is 0 Å². The standard InChI is InChI=1S/C17H21NO4/c1-17(2,3)16(20)18-12-6-5-10-11-7-9(11)8-22-14(10)13(12)15(19)21-4/h5-6,9,11H,7-8H2,1-4H3,(H,18,20)/t9-,11-/m0/s1. The number of esters is 1. The summed E-state index contributed by atoms with van der Waals surface area (Å²) < 4.78 is 10.7. The van der Waals surface area contributed by atoms with Gasteiger partial charge in [-0.1, -0.05) is 26.8 Å². The zero-order chi connectivity index (χ0) is 16.1. The van der Waals surface area contributed by atoms with E-state index < -0.39 is 11.4 Å². The Kier molecular flexibility index (Phi) is 3.38. The first-order chi connectivity index (χ1) is 10.3. The number of amides is 1. The highest BCUT2D eigenvalue weighted by molar-refractivity contribution is 6.05. The third-order valence-electron chi connectivity index (χ3n) is 4.27. The largest absolute Gasteiger partial charge is 0.492 e. The van der Waals surface area contributed by atoms with E-state index in [2.05, 4.69) is 5.32 Å². The zero-order valence-corrected chi connectivity index (χ0v) is 13.4. The number of hydrogen-bond acceptors (Lipinski definition) is 4. The van der Waals surface area contributed by atoms with E-state index in [1.54, 1.807) is 6.07 Å². The molecule has 0 unspecified atom stereocenters. The van der Waals surface area contributed by atoms with Crippen molar-refractivity contribution in [2.45, 2.75) is 33.1 Å². The van der Waals surface area contributed by atoms with Gasteiger partial charge in [-0.05, 0) is 24.0 Å². The summed E-state index contributed by atoms with van der Waals surface area (Å²) in [7, 11) is 1.33. The highest BCUT2D eigenvalue weighted by Gasteiger charge is 2.45. The maximum atomic E-state index is 12.2. The van der Waals surface area contributed by atoms with E-state index in [1.165, 1.54) is 7.11 Å². The first-order valence-electron chi connectivity index (χ1n) is 7.52. The molecule has 1 aliphatic carbocycles. The average Bonchev–Trinajstić information content (AvgIpc) is 3.24. The number of fused-ring (bicyclic) bond motifs is 3. The van der Waals surface area contributed by atoms with Gasteiger partial charge in [-0.3, -0.25) is 4.79 Å². The van der Waals surface area contributed by atoms with Gasteiger partial charge in [0.2, 0.25) is 5.91 Å². The Labute approximate surface area is 130 Å². The predicted octanol–water partition coefficient (Wildman–Crippen LogP) is 2.95. The molecule has 1 aromatic carbocycles. The molecule has 2 atom stereocenters. The SMILES string of the molecule is COC(=O)c1c(NC(=O)C(C)(C)C)ccc2c1OC[C@@H]1C[C@H]21. The second kappa shape index (κ2) is 5.00. The summed E-state index contributed by atoms with van der Waals surface area (Å²) in [5.41, 5.74) is 1.27. The zero-order valence-electron chi connectivity index (χ0n) is 13.4. The first-order valence-corrected chi connectivity index (χ1v) is 7.52. The molecule has 1 aliphatic heterocycles. The summed E-state index contributed by atoms with van der Waals surface area (Å²) in [6, 6.07) is 3.72. The van der Waals surface area contributed by atoms with Crippen LogP contribution in [0.15, 0.2) is 12.1 Å². The van der Waals surface area contributed by atoms with Gasteiger partial charge >= 0.3 is 5.97 Å². The lowest BCUT2D eigenvalue weighted by Crippen LogP contribution is -2.29. The molecule has 0 saturated heterocycles.